The van der Waals surface area contributed by atoms with Crippen molar-refractivity contribution < 1.29 is 13.9 Å². The van der Waals surface area contributed by atoms with Gasteiger partial charge in [0.05, 0.1) is 23.6 Å². The van der Waals surface area contributed by atoms with E-state index in [-0.39, 0.29) is 30.6 Å². The Morgan fingerprint density at radius 1 is 1.06 bits per heavy atom. The molecule has 0 bridgehead atoms. The van der Waals surface area contributed by atoms with E-state index in [9.17, 15) is 4.39 Å². The Balaban J connectivity index is 0.00000171. The maximum Gasteiger partial charge on any atom is 0.179 e. The third-order valence-corrected chi connectivity index (χ3v) is 6.88. The van der Waals surface area contributed by atoms with Crippen LogP contribution in [0.2, 0.25) is 5.02 Å². The van der Waals surface area contributed by atoms with E-state index in [1.807, 2.05) is 18.2 Å². The number of rotatable bonds is 6. The lowest BCUT2D eigenvalue weighted by Crippen LogP contribution is -2.43. The lowest BCUT2D eigenvalue weighted by Gasteiger charge is -2.36. The summed E-state index contributed by atoms with van der Waals surface area (Å²) in [7, 11) is 2.15. The van der Waals surface area contributed by atoms with Gasteiger partial charge in [-0.05, 0) is 57.6 Å². The predicted octanol–water partition coefficient (Wildman–Crippen LogP) is 5.18. The molecule has 1 saturated heterocycles. The molecule has 2 aliphatic rings. The summed E-state index contributed by atoms with van der Waals surface area (Å²) in [6.07, 6.45) is 5.87. The molecule has 1 aromatic carbocycles. The summed E-state index contributed by atoms with van der Waals surface area (Å²) in [4.78, 5) is 13.5. The van der Waals surface area contributed by atoms with Crippen molar-refractivity contribution >= 4 is 47.3 Å². The van der Waals surface area contributed by atoms with E-state index < -0.39 is 0 Å². The Morgan fingerprint density at radius 2 is 1.80 bits per heavy atom. The number of likely N-dealkylation sites (tertiary alicyclic amines) is 1. The van der Waals surface area contributed by atoms with Crippen molar-refractivity contribution in [3.05, 3.63) is 58.8 Å². The molecule has 0 saturated carbocycles. The van der Waals surface area contributed by atoms with Gasteiger partial charge in [-0.3, -0.25) is 14.9 Å². The summed E-state index contributed by atoms with van der Waals surface area (Å²) in [6.45, 7) is 4.74. The Morgan fingerprint density at radius 3 is 2.57 bits per heavy atom. The molecule has 0 N–H and O–H groups in total. The number of pyridine rings is 2. The number of halogens is 4. The molecule has 3 aromatic rings. The van der Waals surface area contributed by atoms with Gasteiger partial charge < -0.3 is 14.4 Å². The molecule has 10 heteroatoms. The van der Waals surface area contributed by atoms with E-state index in [0.29, 0.717) is 36.3 Å². The largest absolute Gasteiger partial charge is 0.486 e. The number of fused-ring (bicyclic) bond motifs is 2. The SMILES string of the molecule is CN(Cc1cc2c(cn1)OCCO2)C1CCN(CCc2c(F)cnc3ccc(Cl)cc23)CC1.Cl.Cl. The molecule has 0 atom stereocenters. The van der Waals surface area contributed by atoms with E-state index in [1.54, 1.807) is 12.3 Å². The van der Waals surface area contributed by atoms with Crippen LogP contribution < -0.4 is 9.47 Å². The predicted molar refractivity (Wildman–Crippen MR) is 141 cm³/mol. The second-order valence-corrected chi connectivity index (χ2v) is 9.24. The molecule has 0 aliphatic carbocycles. The molecule has 4 heterocycles. The van der Waals surface area contributed by atoms with E-state index in [1.165, 1.54) is 6.20 Å². The van der Waals surface area contributed by atoms with Crippen molar-refractivity contribution in [3.8, 4) is 11.5 Å². The highest BCUT2D eigenvalue weighted by atomic mass is 35.5. The molecular weight excluding hydrogens is 514 g/mol. The molecule has 35 heavy (non-hydrogen) atoms. The second-order valence-electron chi connectivity index (χ2n) is 8.80. The minimum Gasteiger partial charge on any atom is -0.486 e. The number of ether oxygens (including phenoxy) is 2. The number of nitrogens with zero attached hydrogens (tertiary/aromatic N) is 4. The highest BCUT2D eigenvalue weighted by Gasteiger charge is 2.24. The van der Waals surface area contributed by atoms with Crippen LogP contribution in [-0.2, 0) is 13.0 Å². The van der Waals surface area contributed by atoms with Gasteiger partial charge in [-0.25, -0.2) is 4.39 Å². The van der Waals surface area contributed by atoms with Crippen LogP contribution in [-0.4, -0.2) is 65.7 Å². The number of aromatic nitrogens is 2. The summed E-state index contributed by atoms with van der Waals surface area (Å²) in [5, 5.41) is 1.41. The van der Waals surface area contributed by atoms with Crippen molar-refractivity contribution in [2.45, 2.75) is 31.8 Å². The molecule has 1 fully saturated rings. The first-order valence-corrected chi connectivity index (χ1v) is 11.8. The third kappa shape index (κ3) is 6.46. The zero-order chi connectivity index (χ0) is 22.8. The summed E-state index contributed by atoms with van der Waals surface area (Å²) in [5.74, 6) is 1.25. The van der Waals surface area contributed by atoms with Crippen LogP contribution in [0.25, 0.3) is 10.9 Å². The molecular formula is C25H30Cl3FN4O2. The number of benzene rings is 1. The molecule has 0 radical (unpaired) electrons. The molecule has 6 nitrogen and oxygen atoms in total. The summed E-state index contributed by atoms with van der Waals surface area (Å²) in [5.41, 5.74) is 2.47. The van der Waals surface area contributed by atoms with Gasteiger partial charge in [-0.2, -0.15) is 0 Å². The van der Waals surface area contributed by atoms with Crippen LogP contribution in [0.5, 0.6) is 11.5 Å². The maximum atomic E-state index is 14.5. The van der Waals surface area contributed by atoms with Crippen molar-refractivity contribution in [2.75, 3.05) is 39.9 Å². The zero-order valence-corrected chi connectivity index (χ0v) is 22.0. The molecule has 0 unspecified atom stereocenters. The van der Waals surface area contributed by atoms with Gasteiger partial charge in [0.25, 0.3) is 0 Å². The fourth-order valence-electron chi connectivity index (χ4n) is 4.76. The fourth-order valence-corrected chi connectivity index (χ4v) is 4.94. The van der Waals surface area contributed by atoms with E-state index in [0.717, 1.165) is 67.1 Å². The van der Waals surface area contributed by atoms with E-state index in [2.05, 4.69) is 26.8 Å². The normalized spacial score (nSPS) is 16.1. The molecule has 5 rings (SSSR count). The van der Waals surface area contributed by atoms with Crippen LogP contribution in [0, 0.1) is 5.82 Å². The number of hydrogen-bond acceptors (Lipinski definition) is 6. The van der Waals surface area contributed by atoms with Gasteiger partial charge >= 0.3 is 0 Å². The van der Waals surface area contributed by atoms with Crippen LogP contribution >= 0.6 is 36.4 Å². The molecule has 0 spiro atoms. The second kappa shape index (κ2) is 12.4. The monoisotopic (exact) mass is 542 g/mol. The highest BCUT2D eigenvalue weighted by Crippen LogP contribution is 2.30. The first-order valence-electron chi connectivity index (χ1n) is 11.5. The summed E-state index contributed by atoms with van der Waals surface area (Å²) < 4.78 is 25.8. The lowest BCUT2D eigenvalue weighted by molar-refractivity contribution is 0.122. The van der Waals surface area contributed by atoms with Crippen molar-refractivity contribution in [1.29, 1.82) is 0 Å². The average molecular weight is 544 g/mol. The number of piperidine rings is 1. The topological polar surface area (TPSA) is 50.7 Å². The standard InChI is InChI=1S/C25H28ClFN4O2.2ClH/c1-30(16-18-13-24-25(15-28-18)33-11-10-32-24)19-4-7-31(8-5-19)9-6-20-21-12-17(26)2-3-23(21)29-14-22(20)27;;/h2-3,12-15,19H,4-11,16H2,1H3;2*1H. The Kier molecular flexibility index (Phi) is 9.78. The van der Waals surface area contributed by atoms with E-state index >= 15 is 0 Å². The minimum absolute atomic E-state index is 0. The van der Waals surface area contributed by atoms with Crippen molar-refractivity contribution in [1.82, 2.24) is 19.8 Å². The van der Waals surface area contributed by atoms with Crippen LogP contribution in [0.1, 0.15) is 24.1 Å². The van der Waals surface area contributed by atoms with Crippen LogP contribution in [0.15, 0.2) is 36.7 Å². The smallest absolute Gasteiger partial charge is 0.179 e. The van der Waals surface area contributed by atoms with Crippen molar-refractivity contribution in [2.24, 2.45) is 0 Å². The lowest BCUT2D eigenvalue weighted by atomic mass is 10.0. The summed E-state index contributed by atoms with van der Waals surface area (Å²) in [6, 6.07) is 7.93. The summed E-state index contributed by atoms with van der Waals surface area (Å²) >= 11 is 6.15. The fraction of sp³-hybridized carbons (Fsp3) is 0.440. The van der Waals surface area contributed by atoms with Gasteiger partial charge in [0.1, 0.15) is 19.0 Å². The molecule has 2 aromatic heterocycles. The zero-order valence-electron chi connectivity index (χ0n) is 19.6. The molecule has 190 valence electrons. The Hall–Kier alpha value is -1.90. The minimum atomic E-state index is -0.258. The first-order chi connectivity index (χ1) is 16.1. The average Bonchev–Trinajstić information content (AvgIpc) is 2.83. The van der Waals surface area contributed by atoms with Gasteiger partial charge in [-0.15, -0.1) is 24.8 Å². The highest BCUT2D eigenvalue weighted by molar-refractivity contribution is 6.31. The Labute approximate surface area is 222 Å². The molecule has 2 aliphatic heterocycles. The van der Waals surface area contributed by atoms with Crippen LogP contribution in [0.4, 0.5) is 4.39 Å². The van der Waals surface area contributed by atoms with Gasteiger partial charge in [0, 0.05) is 41.2 Å². The van der Waals surface area contributed by atoms with Gasteiger partial charge in [0.15, 0.2) is 11.5 Å². The van der Waals surface area contributed by atoms with Gasteiger partial charge in [-0.1, -0.05) is 11.6 Å². The third-order valence-electron chi connectivity index (χ3n) is 6.65. The Bertz CT molecular complexity index is 1140. The number of hydrogen-bond donors (Lipinski definition) is 0. The quantitative estimate of drug-likeness (QED) is 0.427. The van der Waals surface area contributed by atoms with Crippen LogP contribution in [0.3, 0.4) is 0 Å². The van der Waals surface area contributed by atoms with Gasteiger partial charge in [0.2, 0.25) is 0 Å². The first kappa shape index (κ1) is 27.7. The van der Waals surface area contributed by atoms with Crippen molar-refractivity contribution in [3.63, 3.8) is 0 Å². The maximum absolute atomic E-state index is 14.5. The van der Waals surface area contributed by atoms with E-state index in [4.69, 9.17) is 21.1 Å². The molecule has 0 amide bonds.